The third kappa shape index (κ3) is 2.83. The number of carbonyl (C=O) groups is 1. The first-order chi connectivity index (χ1) is 13.1. The van der Waals surface area contributed by atoms with Crippen molar-refractivity contribution in [2.24, 2.45) is 11.8 Å². The maximum atomic E-state index is 13.1. The Labute approximate surface area is 159 Å². The van der Waals surface area contributed by atoms with Crippen LogP contribution in [0.15, 0.2) is 24.3 Å². The molecule has 6 nitrogen and oxygen atoms in total. The van der Waals surface area contributed by atoms with Gasteiger partial charge in [-0.05, 0) is 31.5 Å². The van der Waals surface area contributed by atoms with Crippen molar-refractivity contribution in [2.45, 2.75) is 20.3 Å². The summed E-state index contributed by atoms with van der Waals surface area (Å²) in [5.74, 6) is 2.70. The van der Waals surface area contributed by atoms with E-state index in [2.05, 4.69) is 20.9 Å². The maximum absolute atomic E-state index is 13.1. The maximum Gasteiger partial charge on any atom is 0.257 e. The minimum atomic E-state index is 0.109. The molecule has 140 valence electrons. The summed E-state index contributed by atoms with van der Waals surface area (Å²) in [4.78, 5) is 26.6. The molecule has 0 saturated carbocycles. The van der Waals surface area contributed by atoms with Crippen molar-refractivity contribution in [3.05, 3.63) is 46.8 Å². The van der Waals surface area contributed by atoms with Crippen LogP contribution in [0.1, 0.15) is 27.3 Å². The number of para-hydroxylation sites is 1. The first kappa shape index (κ1) is 16.5. The topological polar surface area (TPSA) is 58.6 Å². The Morgan fingerprint density at radius 3 is 2.48 bits per heavy atom. The van der Waals surface area contributed by atoms with E-state index >= 15 is 0 Å². The van der Waals surface area contributed by atoms with E-state index in [9.17, 15) is 4.79 Å². The number of hydrogen-bond acceptors (Lipinski definition) is 5. The number of fused-ring (bicyclic) bond motifs is 2. The van der Waals surface area contributed by atoms with Crippen molar-refractivity contribution < 1.29 is 9.53 Å². The van der Waals surface area contributed by atoms with Gasteiger partial charge in [0.1, 0.15) is 5.75 Å². The van der Waals surface area contributed by atoms with Crippen molar-refractivity contribution >= 4 is 11.9 Å². The number of benzene rings is 1. The lowest BCUT2D eigenvalue weighted by Crippen LogP contribution is -2.34. The molecule has 2 unspecified atom stereocenters. The molecule has 1 aromatic carbocycles. The van der Waals surface area contributed by atoms with Gasteiger partial charge in [0, 0.05) is 55.8 Å². The monoisotopic (exact) mass is 364 g/mol. The van der Waals surface area contributed by atoms with Gasteiger partial charge in [-0.2, -0.15) is 0 Å². The normalized spacial score (nSPS) is 23.3. The standard InChI is InChI=1S/C21H24N4O2/c1-13-8-14(2)23-21(22-13)25-11-16-9-24(10-17(16)12-25)20(26)18-5-3-4-15-6-7-27-19(15)18/h3-5,8,16-17H,6-7,9-12H2,1-2H3. The van der Waals surface area contributed by atoms with Crippen molar-refractivity contribution in [1.29, 1.82) is 0 Å². The summed E-state index contributed by atoms with van der Waals surface area (Å²) in [7, 11) is 0. The van der Waals surface area contributed by atoms with Gasteiger partial charge in [0.05, 0.1) is 12.2 Å². The Kier molecular flexibility index (Phi) is 3.81. The lowest BCUT2D eigenvalue weighted by atomic mass is 10.0. The fraction of sp³-hybridized carbons (Fsp3) is 0.476. The van der Waals surface area contributed by atoms with Crippen LogP contribution in [0, 0.1) is 25.7 Å². The van der Waals surface area contributed by atoms with E-state index in [4.69, 9.17) is 4.74 Å². The van der Waals surface area contributed by atoms with Gasteiger partial charge in [0.25, 0.3) is 5.91 Å². The van der Waals surface area contributed by atoms with Crippen molar-refractivity contribution in [3.8, 4) is 5.75 Å². The molecule has 3 aliphatic rings. The van der Waals surface area contributed by atoms with Crippen LogP contribution in [0.2, 0.25) is 0 Å². The zero-order valence-corrected chi connectivity index (χ0v) is 15.8. The zero-order chi connectivity index (χ0) is 18.5. The molecule has 2 saturated heterocycles. The average Bonchev–Trinajstić information content (AvgIpc) is 3.33. The number of likely N-dealkylation sites (tertiary alicyclic amines) is 1. The van der Waals surface area contributed by atoms with Crippen LogP contribution in [0.3, 0.4) is 0 Å². The van der Waals surface area contributed by atoms with Gasteiger partial charge in [-0.1, -0.05) is 12.1 Å². The number of amides is 1. The lowest BCUT2D eigenvalue weighted by molar-refractivity contribution is 0.0779. The molecule has 2 fully saturated rings. The number of nitrogens with zero attached hydrogens (tertiary/aromatic N) is 4. The third-order valence-corrected chi connectivity index (χ3v) is 5.97. The summed E-state index contributed by atoms with van der Waals surface area (Å²) in [6.45, 7) is 8.13. The van der Waals surface area contributed by atoms with Crippen molar-refractivity contribution in [1.82, 2.24) is 14.9 Å². The van der Waals surface area contributed by atoms with Crippen LogP contribution in [0.4, 0.5) is 5.95 Å². The Morgan fingerprint density at radius 1 is 1.07 bits per heavy atom. The molecule has 4 heterocycles. The van der Waals surface area contributed by atoms with Crippen LogP contribution in [-0.2, 0) is 6.42 Å². The van der Waals surface area contributed by atoms with E-state index in [1.165, 1.54) is 0 Å². The predicted molar refractivity (Wildman–Crippen MR) is 102 cm³/mol. The van der Waals surface area contributed by atoms with Crippen molar-refractivity contribution in [3.63, 3.8) is 0 Å². The van der Waals surface area contributed by atoms with Gasteiger partial charge >= 0.3 is 0 Å². The van der Waals surface area contributed by atoms with Gasteiger partial charge in [-0.25, -0.2) is 9.97 Å². The molecule has 27 heavy (non-hydrogen) atoms. The summed E-state index contributed by atoms with van der Waals surface area (Å²) < 4.78 is 5.73. The van der Waals surface area contributed by atoms with E-state index < -0.39 is 0 Å². The fourth-order valence-corrected chi connectivity index (χ4v) is 4.72. The second-order valence-electron chi connectivity index (χ2n) is 7.98. The highest BCUT2D eigenvalue weighted by Crippen LogP contribution is 2.36. The number of hydrogen-bond donors (Lipinski definition) is 0. The van der Waals surface area contributed by atoms with Crippen LogP contribution in [-0.4, -0.2) is 53.6 Å². The molecule has 3 aliphatic heterocycles. The fourth-order valence-electron chi connectivity index (χ4n) is 4.72. The number of rotatable bonds is 2. The summed E-state index contributed by atoms with van der Waals surface area (Å²) in [5.41, 5.74) is 3.88. The SMILES string of the molecule is Cc1cc(C)nc(N2CC3CN(C(=O)c4cccc5c4OCC5)CC3C2)n1. The second-order valence-corrected chi connectivity index (χ2v) is 7.98. The molecule has 1 amide bonds. The quantitative estimate of drug-likeness (QED) is 0.818. The van der Waals surface area contributed by atoms with Crippen LogP contribution >= 0.6 is 0 Å². The smallest absolute Gasteiger partial charge is 0.257 e. The van der Waals surface area contributed by atoms with Crippen LogP contribution < -0.4 is 9.64 Å². The first-order valence-electron chi connectivity index (χ1n) is 9.69. The predicted octanol–water partition coefficient (Wildman–Crippen LogP) is 2.24. The van der Waals surface area contributed by atoms with Gasteiger partial charge in [-0.3, -0.25) is 4.79 Å². The van der Waals surface area contributed by atoms with Gasteiger partial charge < -0.3 is 14.5 Å². The number of ether oxygens (including phenoxy) is 1. The molecule has 5 rings (SSSR count). The highest BCUT2D eigenvalue weighted by atomic mass is 16.5. The highest BCUT2D eigenvalue weighted by Gasteiger charge is 2.43. The molecule has 1 aromatic heterocycles. The number of aromatic nitrogens is 2. The van der Waals surface area contributed by atoms with Gasteiger partial charge in [0.15, 0.2) is 0 Å². The molecule has 2 atom stereocenters. The van der Waals surface area contributed by atoms with E-state index in [0.717, 1.165) is 66.8 Å². The summed E-state index contributed by atoms with van der Waals surface area (Å²) in [5, 5.41) is 0. The Balaban J connectivity index is 1.30. The number of aryl methyl sites for hydroxylation is 2. The third-order valence-electron chi connectivity index (χ3n) is 5.97. The highest BCUT2D eigenvalue weighted by molar-refractivity contribution is 5.97. The molecule has 0 bridgehead atoms. The van der Waals surface area contributed by atoms with Gasteiger partial charge in [-0.15, -0.1) is 0 Å². The van der Waals surface area contributed by atoms with Crippen LogP contribution in [0.25, 0.3) is 0 Å². The summed E-state index contributed by atoms with van der Waals surface area (Å²) >= 11 is 0. The lowest BCUT2D eigenvalue weighted by Gasteiger charge is -2.22. The van der Waals surface area contributed by atoms with E-state index in [1.54, 1.807) is 0 Å². The molecule has 0 N–H and O–H groups in total. The molecule has 2 aromatic rings. The van der Waals surface area contributed by atoms with E-state index in [1.807, 2.05) is 36.9 Å². The van der Waals surface area contributed by atoms with Gasteiger partial charge in [0.2, 0.25) is 5.95 Å². The van der Waals surface area contributed by atoms with E-state index in [0.29, 0.717) is 18.4 Å². The molecule has 0 spiro atoms. The molecule has 0 radical (unpaired) electrons. The summed E-state index contributed by atoms with van der Waals surface area (Å²) in [6.07, 6.45) is 0.895. The Morgan fingerprint density at radius 2 is 1.78 bits per heavy atom. The van der Waals surface area contributed by atoms with Crippen LogP contribution in [0.5, 0.6) is 5.75 Å². The second kappa shape index (κ2) is 6.22. The Bertz CT molecular complexity index is 879. The average molecular weight is 364 g/mol. The first-order valence-corrected chi connectivity index (χ1v) is 9.69. The molecular weight excluding hydrogens is 340 g/mol. The number of anilines is 1. The number of carbonyl (C=O) groups excluding carboxylic acids is 1. The minimum absolute atomic E-state index is 0.109. The largest absolute Gasteiger partial charge is 0.492 e. The van der Waals surface area contributed by atoms with Crippen molar-refractivity contribution in [2.75, 3.05) is 37.7 Å². The zero-order valence-electron chi connectivity index (χ0n) is 15.8. The molecule has 0 aliphatic carbocycles. The van der Waals surface area contributed by atoms with E-state index in [-0.39, 0.29) is 5.91 Å². The minimum Gasteiger partial charge on any atom is -0.492 e. The molecule has 6 heteroatoms. The molecular formula is C21H24N4O2. The Hall–Kier alpha value is -2.63. The summed E-state index contributed by atoms with van der Waals surface area (Å²) in [6, 6.07) is 7.92.